The quantitative estimate of drug-likeness (QED) is 0.241. The van der Waals surface area contributed by atoms with Gasteiger partial charge in [0.05, 0.1) is 39.7 Å². The summed E-state index contributed by atoms with van der Waals surface area (Å²) in [6.45, 7) is -0.679. The molecule has 4 rings (SSSR count). The lowest BCUT2D eigenvalue weighted by atomic mass is 10.0. The zero-order valence-electron chi connectivity index (χ0n) is 21.0. The number of aromatic nitrogens is 6. The number of nitrogens with one attached hydrogen (secondary N) is 2. The van der Waals surface area contributed by atoms with Crippen LogP contribution in [0.2, 0.25) is 15.1 Å². The van der Waals surface area contributed by atoms with Crippen LogP contribution in [0.15, 0.2) is 42.7 Å². The molecule has 20 heteroatoms. The van der Waals surface area contributed by atoms with Crippen LogP contribution in [0.1, 0.15) is 32.2 Å². The van der Waals surface area contributed by atoms with Gasteiger partial charge in [-0.2, -0.15) is 31.4 Å². The standard InChI is InChI=1S/C23H14Cl3F7N8O2/c1-34-19(42)12-5-10(24)6-14(26)17(12)36-20(43)15-7-11(38-41(15)18-13(25)3-2-4-35-18)8-40-9-16(37-39-40)21(27,22(28,29)30)23(31,32)33/h2-7,9H,8H2,1H3,(H,34,42)(H,36,43). The van der Waals surface area contributed by atoms with E-state index in [1.54, 1.807) is 0 Å². The van der Waals surface area contributed by atoms with Gasteiger partial charge in [0, 0.05) is 18.3 Å². The maximum absolute atomic E-state index is 14.4. The summed E-state index contributed by atoms with van der Waals surface area (Å²) in [7, 11) is 1.32. The Bertz CT molecular complexity index is 1690. The van der Waals surface area contributed by atoms with Gasteiger partial charge in [-0.15, -0.1) is 5.10 Å². The molecule has 228 valence electrons. The van der Waals surface area contributed by atoms with Gasteiger partial charge in [-0.25, -0.2) is 18.7 Å². The van der Waals surface area contributed by atoms with Gasteiger partial charge < -0.3 is 10.6 Å². The highest BCUT2D eigenvalue weighted by Gasteiger charge is 2.75. The molecule has 43 heavy (non-hydrogen) atoms. The number of hydrogen-bond donors (Lipinski definition) is 2. The van der Waals surface area contributed by atoms with E-state index in [2.05, 4.69) is 31.0 Å². The van der Waals surface area contributed by atoms with E-state index >= 15 is 0 Å². The molecule has 0 atom stereocenters. The highest BCUT2D eigenvalue weighted by molar-refractivity contribution is 6.38. The van der Waals surface area contributed by atoms with E-state index in [0.717, 1.165) is 10.7 Å². The maximum atomic E-state index is 14.4. The Hall–Kier alpha value is -3.96. The van der Waals surface area contributed by atoms with Gasteiger partial charge in [0.25, 0.3) is 11.8 Å². The second kappa shape index (κ2) is 11.6. The van der Waals surface area contributed by atoms with Crippen LogP contribution in [0.25, 0.3) is 5.82 Å². The summed E-state index contributed by atoms with van der Waals surface area (Å²) in [4.78, 5) is 29.9. The molecule has 1 aromatic carbocycles. The molecule has 0 fully saturated rings. The first-order chi connectivity index (χ1) is 20.0. The van der Waals surface area contributed by atoms with E-state index in [0.29, 0.717) is 4.68 Å². The molecular weight excluding hydrogens is 660 g/mol. The van der Waals surface area contributed by atoms with Crippen molar-refractivity contribution in [2.45, 2.75) is 24.6 Å². The Morgan fingerprint density at radius 2 is 1.63 bits per heavy atom. The highest BCUT2D eigenvalue weighted by Crippen LogP contribution is 2.52. The Morgan fingerprint density at radius 3 is 2.23 bits per heavy atom. The lowest BCUT2D eigenvalue weighted by Gasteiger charge is -2.27. The van der Waals surface area contributed by atoms with Crippen molar-refractivity contribution in [1.82, 2.24) is 35.1 Å². The molecule has 0 aliphatic carbocycles. The van der Waals surface area contributed by atoms with Crippen LogP contribution in [-0.2, 0) is 12.2 Å². The average molecular weight is 674 g/mol. The third-order valence-corrected chi connectivity index (χ3v) is 6.51. The predicted molar refractivity (Wildman–Crippen MR) is 138 cm³/mol. The molecule has 0 aliphatic rings. The number of carbonyl (C=O) groups excluding carboxylic acids is 2. The summed E-state index contributed by atoms with van der Waals surface area (Å²) < 4.78 is 94.5. The van der Waals surface area contributed by atoms with Crippen molar-refractivity contribution in [2.75, 3.05) is 12.4 Å². The third-order valence-electron chi connectivity index (χ3n) is 5.69. The molecule has 2 N–H and O–H groups in total. The molecule has 0 aliphatic heterocycles. The summed E-state index contributed by atoms with van der Waals surface area (Å²) in [6.07, 6.45) is -11.4. The average Bonchev–Trinajstić information content (AvgIpc) is 3.55. The van der Waals surface area contributed by atoms with Gasteiger partial charge in [0.1, 0.15) is 11.4 Å². The van der Waals surface area contributed by atoms with Crippen molar-refractivity contribution in [3.63, 3.8) is 0 Å². The number of halogens is 10. The fourth-order valence-corrected chi connectivity index (χ4v) is 4.45. The Balaban J connectivity index is 1.76. The molecule has 3 aromatic heterocycles. The van der Waals surface area contributed by atoms with Crippen molar-refractivity contribution in [2.24, 2.45) is 0 Å². The third kappa shape index (κ3) is 6.09. The number of carbonyl (C=O) groups is 2. The SMILES string of the molecule is CNC(=O)c1cc(Cl)cc(Cl)c1NC(=O)c1cc(Cn2cc(C(F)(C(F)(F)F)C(F)(F)F)nn2)nn1-c1ncccc1Cl. The largest absolute Gasteiger partial charge is 0.437 e. The zero-order valence-corrected chi connectivity index (χ0v) is 23.3. The lowest BCUT2D eigenvalue weighted by molar-refractivity contribution is -0.350. The topological polar surface area (TPSA) is 120 Å². The number of benzene rings is 1. The Kier molecular flexibility index (Phi) is 8.63. The normalized spacial score (nSPS) is 12.3. The number of anilines is 1. The predicted octanol–water partition coefficient (Wildman–Crippen LogP) is 5.77. The van der Waals surface area contributed by atoms with Crippen LogP contribution < -0.4 is 10.6 Å². The van der Waals surface area contributed by atoms with Crippen LogP contribution in [0.5, 0.6) is 0 Å². The monoisotopic (exact) mass is 672 g/mol. The van der Waals surface area contributed by atoms with Crippen LogP contribution in [-0.4, -0.2) is 61.0 Å². The molecule has 3 heterocycles. The molecule has 0 spiro atoms. The molecule has 0 radical (unpaired) electrons. The fraction of sp³-hybridized carbons (Fsp3) is 0.217. The molecule has 4 aromatic rings. The first kappa shape index (κ1) is 32.0. The van der Waals surface area contributed by atoms with Crippen molar-refractivity contribution in [3.05, 3.63) is 80.4 Å². The first-order valence-electron chi connectivity index (χ1n) is 11.4. The van der Waals surface area contributed by atoms with Gasteiger partial charge in [0.15, 0.2) is 5.82 Å². The van der Waals surface area contributed by atoms with Gasteiger partial charge in [-0.3, -0.25) is 9.59 Å². The number of alkyl halides is 7. The minimum Gasteiger partial charge on any atom is -0.355 e. The van der Waals surface area contributed by atoms with Crippen molar-refractivity contribution >= 4 is 52.3 Å². The zero-order chi connectivity index (χ0) is 31.9. The summed E-state index contributed by atoms with van der Waals surface area (Å²) in [6, 6.07) is 6.40. The molecule has 0 saturated heterocycles. The van der Waals surface area contributed by atoms with E-state index in [-0.39, 0.29) is 49.7 Å². The van der Waals surface area contributed by atoms with E-state index < -0.39 is 42.1 Å². The Morgan fingerprint density at radius 1 is 0.953 bits per heavy atom. The molecule has 10 nitrogen and oxygen atoms in total. The van der Waals surface area contributed by atoms with Crippen molar-refractivity contribution in [3.8, 4) is 5.82 Å². The minimum absolute atomic E-state index is 0.0117. The Labute approximate surface area is 250 Å². The molecule has 0 saturated carbocycles. The van der Waals surface area contributed by atoms with E-state index in [4.69, 9.17) is 34.8 Å². The van der Waals surface area contributed by atoms with Gasteiger partial charge in [-0.1, -0.05) is 40.0 Å². The molecule has 0 bridgehead atoms. The van der Waals surface area contributed by atoms with Crippen LogP contribution in [0, 0.1) is 0 Å². The summed E-state index contributed by atoms with van der Waals surface area (Å²) in [5, 5.41) is 14.8. The number of hydrogen-bond acceptors (Lipinski definition) is 6. The summed E-state index contributed by atoms with van der Waals surface area (Å²) in [5.41, 5.74) is -8.64. The second-order valence-corrected chi connectivity index (χ2v) is 9.79. The van der Waals surface area contributed by atoms with Crippen LogP contribution in [0.4, 0.5) is 36.4 Å². The maximum Gasteiger partial charge on any atom is 0.437 e. The number of rotatable bonds is 7. The lowest BCUT2D eigenvalue weighted by Crippen LogP contribution is -2.50. The van der Waals surface area contributed by atoms with Crippen LogP contribution in [0.3, 0.4) is 0 Å². The van der Waals surface area contributed by atoms with Crippen LogP contribution >= 0.6 is 34.8 Å². The highest BCUT2D eigenvalue weighted by atomic mass is 35.5. The smallest absolute Gasteiger partial charge is 0.355 e. The summed E-state index contributed by atoms with van der Waals surface area (Å²) in [5.74, 6) is -1.72. The minimum atomic E-state index is -6.40. The van der Waals surface area contributed by atoms with E-state index in [1.807, 2.05) is 0 Å². The first-order valence-corrected chi connectivity index (χ1v) is 12.6. The summed E-state index contributed by atoms with van der Waals surface area (Å²) >= 11 is 18.4. The van der Waals surface area contributed by atoms with Gasteiger partial charge >= 0.3 is 18.0 Å². The second-order valence-electron chi connectivity index (χ2n) is 8.54. The molecule has 2 amide bonds. The van der Waals surface area contributed by atoms with Crippen molar-refractivity contribution in [1.29, 1.82) is 0 Å². The number of pyridine rings is 1. The number of amides is 2. The van der Waals surface area contributed by atoms with Gasteiger partial charge in [-0.05, 0) is 30.3 Å². The molecular formula is C23H14Cl3F7N8O2. The van der Waals surface area contributed by atoms with E-state index in [9.17, 15) is 40.3 Å². The van der Waals surface area contributed by atoms with Crippen molar-refractivity contribution < 1.29 is 40.3 Å². The molecule has 0 unspecified atom stereocenters. The fourth-order valence-electron chi connectivity index (χ4n) is 3.71. The van der Waals surface area contributed by atoms with Gasteiger partial charge in [0.2, 0.25) is 0 Å². The number of nitrogens with zero attached hydrogens (tertiary/aromatic N) is 6. The van der Waals surface area contributed by atoms with E-state index in [1.165, 1.54) is 37.5 Å².